The van der Waals surface area contributed by atoms with Crippen molar-refractivity contribution in [2.24, 2.45) is 0 Å². The van der Waals surface area contributed by atoms with E-state index in [1.165, 1.54) is 17.4 Å². The van der Waals surface area contributed by atoms with Crippen LogP contribution in [0.2, 0.25) is 10.0 Å². The SMILES string of the molecule is Fc1c(Cl)cccc1C(Cl)c1sccc1Cl. The van der Waals surface area contributed by atoms with E-state index in [0.717, 1.165) is 4.88 Å². The van der Waals surface area contributed by atoms with Gasteiger partial charge in [-0.2, -0.15) is 0 Å². The predicted octanol–water partition coefficient (Wildman–Crippen LogP) is 5.52. The van der Waals surface area contributed by atoms with Gasteiger partial charge in [0.1, 0.15) is 5.82 Å². The van der Waals surface area contributed by atoms with E-state index in [9.17, 15) is 4.39 Å². The van der Waals surface area contributed by atoms with Crippen LogP contribution >= 0.6 is 46.1 Å². The van der Waals surface area contributed by atoms with Crippen LogP contribution in [0.5, 0.6) is 0 Å². The second-order valence-electron chi connectivity index (χ2n) is 3.14. The van der Waals surface area contributed by atoms with Gasteiger partial charge in [-0.3, -0.25) is 0 Å². The Balaban J connectivity index is 2.46. The van der Waals surface area contributed by atoms with Crippen LogP contribution in [0.3, 0.4) is 0 Å². The third-order valence-corrected chi connectivity index (χ3v) is 4.43. The molecule has 0 radical (unpaired) electrons. The topological polar surface area (TPSA) is 0 Å². The molecule has 0 aliphatic rings. The largest absolute Gasteiger partial charge is 0.205 e. The second-order valence-corrected chi connectivity index (χ2v) is 5.34. The van der Waals surface area contributed by atoms with Crippen LogP contribution in [0.4, 0.5) is 4.39 Å². The molecule has 16 heavy (non-hydrogen) atoms. The quantitative estimate of drug-likeness (QED) is 0.640. The lowest BCUT2D eigenvalue weighted by atomic mass is 10.1. The van der Waals surface area contributed by atoms with Gasteiger partial charge in [-0.25, -0.2) is 4.39 Å². The highest BCUT2D eigenvalue weighted by Gasteiger charge is 2.20. The third kappa shape index (κ3) is 2.21. The van der Waals surface area contributed by atoms with E-state index in [1.54, 1.807) is 18.2 Å². The Morgan fingerprint density at radius 2 is 1.88 bits per heavy atom. The Bertz CT molecular complexity index is 510. The minimum Gasteiger partial charge on any atom is -0.205 e. The molecule has 2 aromatic rings. The van der Waals surface area contributed by atoms with Crippen molar-refractivity contribution in [2.75, 3.05) is 0 Å². The molecule has 2 rings (SSSR count). The summed E-state index contributed by atoms with van der Waals surface area (Å²) in [6.07, 6.45) is 0. The maximum Gasteiger partial charge on any atom is 0.146 e. The van der Waals surface area contributed by atoms with Gasteiger partial charge in [0.25, 0.3) is 0 Å². The molecule has 0 spiro atoms. The summed E-state index contributed by atoms with van der Waals surface area (Å²) in [4.78, 5) is 0.726. The minimum absolute atomic E-state index is 0.0656. The Labute approximate surface area is 112 Å². The highest BCUT2D eigenvalue weighted by Crippen LogP contribution is 2.39. The van der Waals surface area contributed by atoms with Gasteiger partial charge in [-0.1, -0.05) is 35.3 Å². The molecule has 1 aromatic carbocycles. The van der Waals surface area contributed by atoms with Crippen LogP contribution in [-0.2, 0) is 0 Å². The number of alkyl halides is 1. The van der Waals surface area contributed by atoms with Crippen LogP contribution in [0.15, 0.2) is 29.6 Å². The molecule has 1 unspecified atom stereocenters. The summed E-state index contributed by atoms with van der Waals surface area (Å²) < 4.78 is 13.7. The molecule has 0 amide bonds. The first kappa shape index (κ1) is 12.2. The summed E-state index contributed by atoms with van der Waals surface area (Å²) in [5.41, 5.74) is 0.346. The van der Waals surface area contributed by atoms with Crippen LogP contribution in [0, 0.1) is 5.82 Å². The van der Waals surface area contributed by atoms with E-state index in [2.05, 4.69) is 0 Å². The number of rotatable bonds is 2. The van der Waals surface area contributed by atoms with Gasteiger partial charge in [0.15, 0.2) is 0 Å². The van der Waals surface area contributed by atoms with Crippen LogP contribution in [0.1, 0.15) is 15.8 Å². The molecule has 1 atom stereocenters. The summed E-state index contributed by atoms with van der Waals surface area (Å²) in [5, 5.41) is 1.82. The molecule has 0 aliphatic heterocycles. The van der Waals surface area contributed by atoms with Gasteiger partial charge >= 0.3 is 0 Å². The standard InChI is InChI=1S/C11H6Cl3FS/c12-7-3-1-2-6(10(7)15)9(14)11-8(13)4-5-16-11/h1-5,9H. The first-order valence-corrected chi connectivity index (χ1v) is 6.49. The maximum atomic E-state index is 13.7. The lowest BCUT2D eigenvalue weighted by Crippen LogP contribution is -1.95. The zero-order valence-corrected chi connectivity index (χ0v) is 11.0. The Kier molecular flexibility index (Phi) is 3.75. The smallest absolute Gasteiger partial charge is 0.146 e. The predicted molar refractivity (Wildman–Crippen MR) is 68.4 cm³/mol. The molecule has 1 aromatic heterocycles. The zero-order valence-electron chi connectivity index (χ0n) is 7.88. The molecule has 0 fully saturated rings. The molecule has 0 nitrogen and oxygen atoms in total. The van der Waals surface area contributed by atoms with Gasteiger partial charge in [0.05, 0.1) is 15.4 Å². The fourth-order valence-corrected chi connectivity index (χ4v) is 3.18. The van der Waals surface area contributed by atoms with Crippen molar-refractivity contribution < 1.29 is 4.39 Å². The van der Waals surface area contributed by atoms with E-state index in [-0.39, 0.29) is 5.02 Å². The molecule has 0 bridgehead atoms. The first-order valence-electron chi connectivity index (χ1n) is 4.42. The van der Waals surface area contributed by atoms with Crippen molar-refractivity contribution in [1.29, 1.82) is 0 Å². The van der Waals surface area contributed by atoms with E-state index < -0.39 is 11.2 Å². The molecule has 0 saturated carbocycles. The summed E-state index contributed by atoms with van der Waals surface area (Å²) in [6.45, 7) is 0. The molecule has 1 heterocycles. The molecular formula is C11H6Cl3FS. The van der Waals surface area contributed by atoms with E-state index in [0.29, 0.717) is 10.6 Å². The summed E-state index contributed by atoms with van der Waals surface area (Å²) in [6, 6.07) is 6.49. The number of halogens is 4. The molecule has 5 heteroatoms. The molecule has 0 N–H and O–H groups in total. The van der Waals surface area contributed by atoms with E-state index in [4.69, 9.17) is 34.8 Å². The monoisotopic (exact) mass is 294 g/mol. The highest BCUT2D eigenvalue weighted by molar-refractivity contribution is 7.11. The zero-order chi connectivity index (χ0) is 11.7. The average Bonchev–Trinajstić information content (AvgIpc) is 2.68. The third-order valence-electron chi connectivity index (χ3n) is 2.13. The van der Waals surface area contributed by atoms with Gasteiger partial charge < -0.3 is 0 Å². The highest BCUT2D eigenvalue weighted by atomic mass is 35.5. The minimum atomic E-state index is -0.605. The Morgan fingerprint density at radius 1 is 1.12 bits per heavy atom. The molecule has 0 saturated heterocycles. The average molecular weight is 296 g/mol. The van der Waals surface area contributed by atoms with Crippen molar-refractivity contribution in [1.82, 2.24) is 0 Å². The number of hydrogen-bond donors (Lipinski definition) is 0. The second kappa shape index (κ2) is 4.92. The lowest BCUT2D eigenvalue weighted by Gasteiger charge is -2.10. The van der Waals surface area contributed by atoms with Gasteiger partial charge in [0.2, 0.25) is 0 Å². The summed E-state index contributed by atoms with van der Waals surface area (Å²) >= 11 is 19.2. The van der Waals surface area contributed by atoms with Crippen LogP contribution in [-0.4, -0.2) is 0 Å². The van der Waals surface area contributed by atoms with Crippen LogP contribution in [0.25, 0.3) is 0 Å². The Morgan fingerprint density at radius 3 is 2.50 bits per heavy atom. The van der Waals surface area contributed by atoms with Crippen molar-refractivity contribution >= 4 is 46.1 Å². The van der Waals surface area contributed by atoms with Crippen molar-refractivity contribution in [3.63, 3.8) is 0 Å². The molecule has 0 aliphatic carbocycles. The maximum absolute atomic E-state index is 13.7. The summed E-state index contributed by atoms with van der Waals surface area (Å²) in [5.74, 6) is -0.492. The van der Waals surface area contributed by atoms with Crippen molar-refractivity contribution in [3.05, 3.63) is 55.9 Å². The van der Waals surface area contributed by atoms with E-state index in [1.807, 2.05) is 5.38 Å². The fraction of sp³-hybridized carbons (Fsp3) is 0.0909. The summed E-state index contributed by atoms with van der Waals surface area (Å²) in [7, 11) is 0. The normalized spacial score (nSPS) is 12.8. The molecular weight excluding hydrogens is 290 g/mol. The van der Waals surface area contributed by atoms with Crippen LogP contribution < -0.4 is 0 Å². The molecule has 84 valence electrons. The lowest BCUT2D eigenvalue weighted by molar-refractivity contribution is 0.613. The fourth-order valence-electron chi connectivity index (χ4n) is 1.34. The van der Waals surface area contributed by atoms with E-state index >= 15 is 0 Å². The number of thiophene rings is 1. The Hall–Kier alpha value is -0.280. The van der Waals surface area contributed by atoms with Gasteiger partial charge in [-0.15, -0.1) is 22.9 Å². The van der Waals surface area contributed by atoms with Gasteiger partial charge in [0, 0.05) is 10.4 Å². The number of hydrogen-bond acceptors (Lipinski definition) is 1. The van der Waals surface area contributed by atoms with Crippen molar-refractivity contribution in [3.8, 4) is 0 Å². The van der Waals surface area contributed by atoms with Gasteiger partial charge in [-0.05, 0) is 17.5 Å². The number of benzene rings is 1. The first-order chi connectivity index (χ1) is 7.61. The van der Waals surface area contributed by atoms with Crippen molar-refractivity contribution in [2.45, 2.75) is 5.38 Å².